The molecular formula is C18H33IN4O2S3. The molecule has 10 heteroatoms. The lowest BCUT2D eigenvalue weighted by Gasteiger charge is -2.17. The number of sulfonamides is 1. The maximum absolute atomic E-state index is 12.6. The molecule has 2 unspecified atom stereocenters. The minimum absolute atomic E-state index is 0. The number of guanidine groups is 1. The molecule has 162 valence electrons. The average Bonchev–Trinajstić information content (AvgIpc) is 3.31. The molecule has 1 aromatic rings. The first-order chi connectivity index (χ1) is 12.9. The van der Waals surface area contributed by atoms with Crippen LogP contribution in [0.1, 0.15) is 38.0 Å². The van der Waals surface area contributed by atoms with Crippen LogP contribution in [0.4, 0.5) is 0 Å². The van der Waals surface area contributed by atoms with Crippen molar-refractivity contribution in [2.45, 2.75) is 55.0 Å². The SMILES string of the molecule is CCN(CC)S(=O)(=O)c1ccc(CCNC(=NC)NC2CCC(SC)C2)s1.I. The second kappa shape index (κ2) is 12.6. The second-order valence-electron chi connectivity index (χ2n) is 6.57. The van der Waals surface area contributed by atoms with Crippen molar-refractivity contribution < 1.29 is 8.42 Å². The first kappa shape index (κ1) is 26.0. The highest BCUT2D eigenvalue weighted by molar-refractivity contribution is 14.0. The lowest BCUT2D eigenvalue weighted by Crippen LogP contribution is -2.43. The molecule has 0 bridgehead atoms. The maximum Gasteiger partial charge on any atom is 0.252 e. The van der Waals surface area contributed by atoms with E-state index in [0.29, 0.717) is 23.3 Å². The quantitative estimate of drug-likeness (QED) is 0.275. The van der Waals surface area contributed by atoms with Gasteiger partial charge in [0.15, 0.2) is 5.96 Å². The van der Waals surface area contributed by atoms with Crippen molar-refractivity contribution in [1.82, 2.24) is 14.9 Å². The maximum atomic E-state index is 12.6. The molecule has 0 spiro atoms. The number of halogens is 1. The van der Waals surface area contributed by atoms with Gasteiger partial charge in [-0.3, -0.25) is 4.99 Å². The Bertz CT molecular complexity index is 720. The predicted octanol–water partition coefficient (Wildman–Crippen LogP) is 3.39. The van der Waals surface area contributed by atoms with Crippen molar-refractivity contribution in [2.75, 3.05) is 32.9 Å². The van der Waals surface area contributed by atoms with Gasteiger partial charge in [0.05, 0.1) is 0 Å². The molecule has 1 heterocycles. The molecule has 1 aromatic heterocycles. The van der Waals surface area contributed by atoms with Gasteiger partial charge in [-0.2, -0.15) is 16.1 Å². The number of thioether (sulfide) groups is 1. The Morgan fingerprint density at radius 3 is 2.61 bits per heavy atom. The van der Waals surface area contributed by atoms with E-state index in [-0.39, 0.29) is 24.0 Å². The van der Waals surface area contributed by atoms with Crippen LogP contribution in [0.3, 0.4) is 0 Å². The zero-order valence-corrected chi connectivity index (χ0v) is 21.9. The summed E-state index contributed by atoms with van der Waals surface area (Å²) in [6, 6.07) is 4.13. The third-order valence-corrected chi connectivity index (χ3v) is 9.64. The number of nitrogens with one attached hydrogen (secondary N) is 2. The summed E-state index contributed by atoms with van der Waals surface area (Å²) in [5.41, 5.74) is 0. The molecule has 2 atom stereocenters. The van der Waals surface area contributed by atoms with E-state index in [1.165, 1.54) is 34.9 Å². The highest BCUT2D eigenvalue weighted by Crippen LogP contribution is 2.28. The molecule has 1 saturated carbocycles. The van der Waals surface area contributed by atoms with Crippen molar-refractivity contribution in [3.63, 3.8) is 0 Å². The van der Waals surface area contributed by atoms with E-state index in [2.05, 4.69) is 21.9 Å². The van der Waals surface area contributed by atoms with Crippen molar-refractivity contribution in [1.29, 1.82) is 0 Å². The normalized spacial score (nSPS) is 20.2. The van der Waals surface area contributed by atoms with Gasteiger partial charge < -0.3 is 10.6 Å². The largest absolute Gasteiger partial charge is 0.356 e. The molecule has 0 aromatic carbocycles. The molecule has 2 N–H and O–H groups in total. The van der Waals surface area contributed by atoms with E-state index >= 15 is 0 Å². The van der Waals surface area contributed by atoms with Crippen LogP contribution >= 0.6 is 47.1 Å². The molecule has 0 saturated heterocycles. The van der Waals surface area contributed by atoms with Gasteiger partial charge in [-0.25, -0.2) is 8.42 Å². The third kappa shape index (κ3) is 7.03. The van der Waals surface area contributed by atoms with Crippen LogP contribution in [0.2, 0.25) is 0 Å². The Kier molecular flexibility index (Phi) is 11.7. The number of rotatable bonds is 9. The summed E-state index contributed by atoms with van der Waals surface area (Å²) in [6.45, 7) is 5.44. The standard InChI is InChI=1S/C18H32N4O2S3.HI/c1-5-22(6-2)27(23,24)17-10-9-15(26-17)11-12-20-18(19-3)21-14-7-8-16(13-14)25-4;/h9-10,14,16H,5-8,11-13H2,1-4H3,(H2,19,20,21);1H. The van der Waals surface area contributed by atoms with Crippen molar-refractivity contribution in [3.8, 4) is 0 Å². The van der Waals surface area contributed by atoms with Crippen LogP contribution in [-0.4, -0.2) is 62.9 Å². The third-order valence-electron chi connectivity index (χ3n) is 4.88. The predicted molar refractivity (Wildman–Crippen MR) is 133 cm³/mol. The first-order valence-corrected chi connectivity index (χ1v) is 13.1. The van der Waals surface area contributed by atoms with Crippen LogP contribution < -0.4 is 10.6 Å². The zero-order chi connectivity index (χ0) is 19.9. The summed E-state index contributed by atoms with van der Waals surface area (Å²) in [7, 11) is -1.57. The van der Waals surface area contributed by atoms with E-state index in [1.807, 2.05) is 31.7 Å². The van der Waals surface area contributed by atoms with Crippen molar-refractivity contribution in [3.05, 3.63) is 17.0 Å². The molecule has 0 radical (unpaired) electrons. The van der Waals surface area contributed by atoms with Crippen molar-refractivity contribution in [2.24, 2.45) is 4.99 Å². The fourth-order valence-corrected chi connectivity index (χ4v) is 7.06. The Hall–Kier alpha value is -0.0400. The Labute approximate surface area is 195 Å². The van der Waals surface area contributed by atoms with Crippen LogP contribution in [0, 0.1) is 0 Å². The highest BCUT2D eigenvalue weighted by atomic mass is 127. The molecule has 28 heavy (non-hydrogen) atoms. The van der Waals surface area contributed by atoms with Gasteiger partial charge in [0.1, 0.15) is 4.21 Å². The van der Waals surface area contributed by atoms with Gasteiger partial charge in [0, 0.05) is 42.9 Å². The van der Waals surface area contributed by atoms with E-state index in [1.54, 1.807) is 13.1 Å². The summed E-state index contributed by atoms with van der Waals surface area (Å²) in [4.78, 5) is 5.37. The lowest BCUT2D eigenvalue weighted by molar-refractivity contribution is 0.447. The van der Waals surface area contributed by atoms with E-state index < -0.39 is 10.0 Å². The molecule has 2 rings (SSSR count). The molecule has 1 fully saturated rings. The van der Waals surface area contributed by atoms with Gasteiger partial charge in [-0.15, -0.1) is 35.3 Å². The van der Waals surface area contributed by atoms with Crippen LogP contribution in [0.25, 0.3) is 0 Å². The fraction of sp³-hybridized carbons (Fsp3) is 0.722. The molecule has 1 aliphatic rings. The smallest absolute Gasteiger partial charge is 0.252 e. The summed E-state index contributed by atoms with van der Waals surface area (Å²) < 4.78 is 27.1. The van der Waals surface area contributed by atoms with Crippen LogP contribution in [0.5, 0.6) is 0 Å². The fourth-order valence-electron chi connectivity index (χ4n) is 3.30. The Balaban J connectivity index is 0.00000392. The lowest BCUT2D eigenvalue weighted by atomic mass is 10.2. The van der Waals surface area contributed by atoms with E-state index in [4.69, 9.17) is 0 Å². The van der Waals surface area contributed by atoms with Gasteiger partial charge >= 0.3 is 0 Å². The topological polar surface area (TPSA) is 73.8 Å². The Morgan fingerprint density at radius 1 is 1.32 bits per heavy atom. The van der Waals surface area contributed by atoms with Crippen molar-refractivity contribution >= 4 is 63.1 Å². The summed E-state index contributed by atoms with van der Waals surface area (Å²) in [5, 5.41) is 7.60. The van der Waals surface area contributed by atoms with Crippen LogP contribution in [0.15, 0.2) is 21.3 Å². The van der Waals surface area contributed by atoms with Gasteiger partial charge in [-0.05, 0) is 44.1 Å². The summed E-state index contributed by atoms with van der Waals surface area (Å²) >= 11 is 3.31. The van der Waals surface area contributed by atoms with Gasteiger partial charge in [-0.1, -0.05) is 13.8 Å². The summed E-state index contributed by atoms with van der Waals surface area (Å²) in [6.07, 6.45) is 6.57. The molecule has 0 aliphatic heterocycles. The minimum Gasteiger partial charge on any atom is -0.356 e. The number of nitrogens with zero attached hydrogens (tertiary/aromatic N) is 2. The second-order valence-corrected chi connectivity index (χ2v) is 11.0. The monoisotopic (exact) mass is 560 g/mol. The van der Waals surface area contributed by atoms with Gasteiger partial charge in [0.2, 0.25) is 0 Å². The molecule has 6 nitrogen and oxygen atoms in total. The zero-order valence-electron chi connectivity index (χ0n) is 17.1. The minimum atomic E-state index is -3.36. The van der Waals surface area contributed by atoms with E-state index in [0.717, 1.165) is 29.1 Å². The highest BCUT2D eigenvalue weighted by Gasteiger charge is 2.25. The van der Waals surface area contributed by atoms with Crippen LogP contribution in [-0.2, 0) is 16.4 Å². The molecule has 0 amide bonds. The van der Waals surface area contributed by atoms with Gasteiger partial charge in [0.25, 0.3) is 10.0 Å². The average molecular weight is 561 g/mol. The molecule has 1 aliphatic carbocycles. The number of hydrogen-bond donors (Lipinski definition) is 2. The number of thiophene rings is 1. The first-order valence-electron chi connectivity index (χ1n) is 9.53. The Morgan fingerprint density at radius 2 is 2.04 bits per heavy atom. The molecular weight excluding hydrogens is 527 g/mol. The van der Waals surface area contributed by atoms with E-state index in [9.17, 15) is 8.42 Å². The number of aliphatic imine (C=N–C) groups is 1. The summed E-state index contributed by atoms with van der Waals surface area (Å²) in [5.74, 6) is 0.828. The number of hydrogen-bond acceptors (Lipinski definition) is 5.